The number of hydrogen-bond acceptors (Lipinski definition) is 5. The molecule has 23 heavy (non-hydrogen) atoms. The van der Waals surface area contributed by atoms with Gasteiger partial charge in [0, 0.05) is 20.6 Å². The second-order valence-electron chi connectivity index (χ2n) is 4.99. The number of nitrogens with one attached hydrogen (secondary N) is 1. The first kappa shape index (κ1) is 16.2. The van der Waals surface area contributed by atoms with E-state index < -0.39 is 0 Å². The lowest BCUT2D eigenvalue weighted by atomic mass is 10.3. The molecule has 0 aliphatic carbocycles. The molecule has 0 spiro atoms. The Labute approximate surface area is 151 Å². The monoisotopic (exact) mass is 439 g/mol. The average molecular weight is 439 g/mol. The molecule has 0 saturated carbocycles. The minimum Gasteiger partial charge on any atom is -0.325 e. The van der Waals surface area contributed by atoms with Crippen LogP contribution in [0, 0.1) is 17.4 Å². The number of nitrogens with zero attached hydrogens (tertiary/aromatic N) is 4. The minimum atomic E-state index is -0.0864. The van der Waals surface area contributed by atoms with Crippen LogP contribution in [0.3, 0.4) is 0 Å². The smallest absolute Gasteiger partial charge is 0.253 e. The van der Waals surface area contributed by atoms with Gasteiger partial charge in [-0.25, -0.2) is 9.50 Å². The van der Waals surface area contributed by atoms with Crippen molar-refractivity contribution in [3.8, 4) is 0 Å². The summed E-state index contributed by atoms with van der Waals surface area (Å²) in [5, 5.41) is 7.78. The molecular weight excluding hydrogens is 425 g/mol. The van der Waals surface area contributed by atoms with E-state index in [0.717, 1.165) is 20.6 Å². The molecule has 0 saturated heterocycles. The molecule has 0 unspecified atom stereocenters. The van der Waals surface area contributed by atoms with E-state index in [2.05, 4.69) is 43.0 Å². The van der Waals surface area contributed by atoms with E-state index in [1.807, 2.05) is 44.2 Å². The molecule has 1 amide bonds. The number of thioether (sulfide) groups is 1. The van der Waals surface area contributed by atoms with Crippen LogP contribution in [0.2, 0.25) is 0 Å². The van der Waals surface area contributed by atoms with Crippen molar-refractivity contribution in [1.82, 2.24) is 19.6 Å². The standard InChI is InChI=1S/C15H14IN5OS/c1-9-6-10(2)21-14(17-9)19-15(20-21)23-8-13(22)18-12-5-3-4-11(16)7-12/h3-7H,8H2,1-2H3,(H,18,22). The number of aromatic nitrogens is 4. The fourth-order valence-electron chi connectivity index (χ4n) is 2.10. The van der Waals surface area contributed by atoms with Crippen molar-refractivity contribution in [2.75, 3.05) is 11.1 Å². The summed E-state index contributed by atoms with van der Waals surface area (Å²) in [5.74, 6) is 0.722. The molecule has 118 valence electrons. The summed E-state index contributed by atoms with van der Waals surface area (Å²) in [6.45, 7) is 3.87. The maximum Gasteiger partial charge on any atom is 0.253 e. The van der Waals surface area contributed by atoms with E-state index in [9.17, 15) is 4.79 Å². The largest absolute Gasteiger partial charge is 0.325 e. The number of rotatable bonds is 4. The third-order valence-electron chi connectivity index (χ3n) is 3.04. The number of benzene rings is 1. The zero-order valence-electron chi connectivity index (χ0n) is 12.6. The molecule has 0 aliphatic rings. The van der Waals surface area contributed by atoms with Gasteiger partial charge >= 0.3 is 0 Å². The fourth-order valence-corrected chi connectivity index (χ4v) is 3.26. The highest BCUT2D eigenvalue weighted by Gasteiger charge is 2.10. The Balaban J connectivity index is 1.66. The van der Waals surface area contributed by atoms with Crippen LogP contribution in [0.5, 0.6) is 0 Å². The maximum atomic E-state index is 12.0. The molecule has 8 heteroatoms. The summed E-state index contributed by atoms with van der Waals surface area (Å²) >= 11 is 3.51. The van der Waals surface area contributed by atoms with E-state index in [-0.39, 0.29) is 11.7 Å². The molecule has 2 aromatic heterocycles. The Bertz CT molecular complexity index is 879. The average Bonchev–Trinajstić information content (AvgIpc) is 2.88. The number of carbonyl (C=O) groups is 1. The molecule has 0 aliphatic heterocycles. The van der Waals surface area contributed by atoms with Crippen LogP contribution in [-0.4, -0.2) is 31.2 Å². The molecule has 0 fully saturated rings. The third-order valence-corrected chi connectivity index (χ3v) is 4.55. The molecule has 3 rings (SSSR count). The number of anilines is 1. The van der Waals surface area contributed by atoms with Crippen LogP contribution >= 0.6 is 34.4 Å². The van der Waals surface area contributed by atoms with Gasteiger partial charge in [0.1, 0.15) is 0 Å². The van der Waals surface area contributed by atoms with Crippen LogP contribution in [0.15, 0.2) is 35.5 Å². The summed E-state index contributed by atoms with van der Waals surface area (Å²) < 4.78 is 2.76. The van der Waals surface area contributed by atoms with Crippen LogP contribution in [0.25, 0.3) is 5.78 Å². The van der Waals surface area contributed by atoms with Crippen molar-refractivity contribution in [3.05, 3.63) is 45.3 Å². The highest BCUT2D eigenvalue weighted by atomic mass is 127. The molecule has 0 bridgehead atoms. The van der Waals surface area contributed by atoms with Gasteiger partial charge in [-0.15, -0.1) is 5.10 Å². The summed E-state index contributed by atoms with van der Waals surface area (Å²) in [6.07, 6.45) is 0. The number of hydrogen-bond donors (Lipinski definition) is 1. The van der Waals surface area contributed by atoms with E-state index in [1.54, 1.807) is 4.52 Å². The predicted octanol–water partition coefficient (Wildman–Crippen LogP) is 3.08. The molecule has 1 aromatic carbocycles. The Morgan fingerprint density at radius 3 is 2.91 bits per heavy atom. The fraction of sp³-hybridized carbons (Fsp3) is 0.200. The van der Waals surface area contributed by atoms with Crippen LogP contribution in [0.1, 0.15) is 11.4 Å². The van der Waals surface area contributed by atoms with E-state index in [4.69, 9.17) is 0 Å². The SMILES string of the molecule is Cc1cc(C)n2nc(SCC(=O)Nc3cccc(I)c3)nc2n1. The van der Waals surface area contributed by atoms with Gasteiger partial charge in [0.25, 0.3) is 5.78 Å². The lowest BCUT2D eigenvalue weighted by Crippen LogP contribution is -2.14. The van der Waals surface area contributed by atoms with E-state index in [0.29, 0.717) is 10.9 Å². The van der Waals surface area contributed by atoms with Gasteiger partial charge in [-0.2, -0.15) is 4.98 Å². The van der Waals surface area contributed by atoms with Crippen molar-refractivity contribution in [3.63, 3.8) is 0 Å². The predicted molar refractivity (Wildman–Crippen MR) is 98.8 cm³/mol. The summed E-state index contributed by atoms with van der Waals surface area (Å²) in [7, 11) is 0. The first-order valence-electron chi connectivity index (χ1n) is 6.90. The number of aryl methyl sites for hydroxylation is 2. The van der Waals surface area contributed by atoms with Gasteiger partial charge in [0.2, 0.25) is 11.1 Å². The van der Waals surface area contributed by atoms with E-state index in [1.165, 1.54) is 11.8 Å². The first-order valence-corrected chi connectivity index (χ1v) is 8.97. The molecular formula is C15H14IN5OS. The Morgan fingerprint density at radius 1 is 1.30 bits per heavy atom. The zero-order chi connectivity index (χ0) is 16.4. The van der Waals surface area contributed by atoms with Gasteiger partial charge in [-0.1, -0.05) is 17.8 Å². The second-order valence-corrected chi connectivity index (χ2v) is 7.18. The summed E-state index contributed by atoms with van der Waals surface area (Å²) in [4.78, 5) is 20.7. The number of halogens is 1. The van der Waals surface area contributed by atoms with Crippen molar-refractivity contribution in [2.45, 2.75) is 19.0 Å². The van der Waals surface area contributed by atoms with Gasteiger partial charge in [0.05, 0.1) is 5.75 Å². The molecule has 2 heterocycles. The molecule has 6 nitrogen and oxygen atoms in total. The number of fused-ring (bicyclic) bond motifs is 1. The molecule has 0 radical (unpaired) electrons. The van der Waals surface area contributed by atoms with Gasteiger partial charge < -0.3 is 5.32 Å². The Morgan fingerprint density at radius 2 is 2.13 bits per heavy atom. The van der Waals surface area contributed by atoms with Gasteiger partial charge in [-0.05, 0) is 60.7 Å². The number of carbonyl (C=O) groups excluding carboxylic acids is 1. The highest BCUT2D eigenvalue weighted by molar-refractivity contribution is 14.1. The lowest BCUT2D eigenvalue weighted by molar-refractivity contribution is -0.113. The second kappa shape index (κ2) is 6.83. The summed E-state index contributed by atoms with van der Waals surface area (Å²) in [5.41, 5.74) is 2.66. The molecule has 0 atom stereocenters. The van der Waals surface area contributed by atoms with Crippen LogP contribution < -0.4 is 5.32 Å². The van der Waals surface area contributed by atoms with Crippen molar-refractivity contribution in [1.29, 1.82) is 0 Å². The van der Waals surface area contributed by atoms with E-state index >= 15 is 0 Å². The van der Waals surface area contributed by atoms with Gasteiger partial charge in [0.15, 0.2) is 0 Å². The number of amides is 1. The minimum absolute atomic E-state index is 0.0864. The first-order chi connectivity index (χ1) is 11.0. The zero-order valence-corrected chi connectivity index (χ0v) is 15.6. The van der Waals surface area contributed by atoms with Crippen LogP contribution in [0.4, 0.5) is 5.69 Å². The summed E-state index contributed by atoms with van der Waals surface area (Å²) in [6, 6.07) is 9.61. The Kier molecular flexibility index (Phi) is 4.81. The van der Waals surface area contributed by atoms with Gasteiger partial charge in [-0.3, -0.25) is 4.79 Å². The normalized spacial score (nSPS) is 10.9. The highest BCUT2D eigenvalue weighted by Crippen LogP contribution is 2.17. The van der Waals surface area contributed by atoms with Crippen molar-refractivity contribution in [2.24, 2.45) is 0 Å². The van der Waals surface area contributed by atoms with Crippen molar-refractivity contribution >= 4 is 51.7 Å². The third kappa shape index (κ3) is 3.99. The van der Waals surface area contributed by atoms with Crippen LogP contribution in [-0.2, 0) is 4.79 Å². The topological polar surface area (TPSA) is 72.2 Å². The quantitative estimate of drug-likeness (QED) is 0.500. The van der Waals surface area contributed by atoms with Crippen molar-refractivity contribution < 1.29 is 4.79 Å². The molecule has 1 N–H and O–H groups in total. The lowest BCUT2D eigenvalue weighted by Gasteiger charge is -2.04. The Hall–Kier alpha value is -1.68. The maximum absolute atomic E-state index is 12.0. The molecule has 3 aromatic rings.